The van der Waals surface area contributed by atoms with Crippen LogP contribution in [-0.4, -0.2) is 0 Å². The van der Waals surface area contributed by atoms with Crippen LogP contribution < -0.4 is 9.64 Å². The van der Waals surface area contributed by atoms with Gasteiger partial charge in [0.2, 0.25) is 0 Å². The van der Waals surface area contributed by atoms with Gasteiger partial charge < -0.3 is 9.64 Å². The summed E-state index contributed by atoms with van der Waals surface area (Å²) in [5, 5.41) is 0. The Bertz CT molecular complexity index is 2730. The third-order valence-electron chi connectivity index (χ3n) is 12.0. The monoisotopic (exact) mass is 721 g/mol. The molecule has 0 radical (unpaired) electrons. The minimum atomic E-state index is -0.730. The number of benzene rings is 8. The molecule has 0 bridgehead atoms. The molecular formula is C54H43NO. The largest absolute Gasteiger partial charge is 0.472 e. The fraction of sp³-hybridized carbons (Fsp3) is 0.111. The zero-order chi connectivity index (χ0) is 38.0. The van der Waals surface area contributed by atoms with Gasteiger partial charge in [-0.3, -0.25) is 0 Å². The molecule has 8 aromatic rings. The van der Waals surface area contributed by atoms with Gasteiger partial charge in [0.25, 0.3) is 0 Å². The second-order valence-electron chi connectivity index (χ2n) is 15.2. The van der Waals surface area contributed by atoms with Crippen LogP contribution >= 0.6 is 0 Å². The first kappa shape index (κ1) is 33.9. The Morgan fingerprint density at radius 1 is 0.357 bits per heavy atom. The minimum absolute atomic E-state index is 0.115. The maximum atomic E-state index is 7.38. The fourth-order valence-electron chi connectivity index (χ4n) is 9.51. The van der Waals surface area contributed by atoms with Gasteiger partial charge in [-0.25, -0.2) is 0 Å². The van der Waals surface area contributed by atoms with Crippen LogP contribution in [0.15, 0.2) is 188 Å². The van der Waals surface area contributed by atoms with Gasteiger partial charge in [-0.2, -0.15) is 0 Å². The highest BCUT2D eigenvalue weighted by Gasteiger charge is 2.50. The predicted octanol–water partition coefficient (Wildman–Crippen LogP) is 14.5. The molecule has 0 saturated heterocycles. The number of hydrogen-bond donors (Lipinski definition) is 0. The van der Waals surface area contributed by atoms with E-state index >= 15 is 0 Å². The molecule has 2 nitrogen and oxygen atoms in total. The molecule has 0 atom stereocenters. The van der Waals surface area contributed by atoms with Crippen LogP contribution in [0.3, 0.4) is 0 Å². The Morgan fingerprint density at radius 3 is 1.39 bits per heavy atom. The number of ether oxygens (including phenoxy) is 1. The summed E-state index contributed by atoms with van der Waals surface area (Å²) >= 11 is 0. The molecule has 8 aromatic carbocycles. The van der Waals surface area contributed by atoms with Gasteiger partial charge in [-0.1, -0.05) is 173 Å². The Morgan fingerprint density at radius 2 is 0.786 bits per heavy atom. The van der Waals surface area contributed by atoms with Crippen LogP contribution in [0, 0.1) is 0 Å². The van der Waals surface area contributed by atoms with Crippen molar-refractivity contribution in [3.63, 3.8) is 0 Å². The summed E-state index contributed by atoms with van der Waals surface area (Å²) in [7, 11) is 0. The lowest BCUT2D eigenvalue weighted by molar-refractivity contribution is 0.157. The molecule has 56 heavy (non-hydrogen) atoms. The van der Waals surface area contributed by atoms with Crippen LogP contribution in [0.4, 0.5) is 17.1 Å². The predicted molar refractivity (Wildman–Crippen MR) is 233 cm³/mol. The molecule has 1 heterocycles. The first-order valence-electron chi connectivity index (χ1n) is 19.8. The zero-order valence-electron chi connectivity index (χ0n) is 32.3. The van der Waals surface area contributed by atoms with Crippen LogP contribution in [0.2, 0.25) is 0 Å². The first-order valence-corrected chi connectivity index (χ1v) is 19.8. The highest BCUT2D eigenvalue weighted by atomic mass is 16.5. The summed E-state index contributed by atoms with van der Waals surface area (Å²) in [5.74, 6) is 0.883. The molecular weight excluding hydrogens is 679 g/mol. The van der Waals surface area contributed by atoms with Gasteiger partial charge in [0, 0.05) is 44.7 Å². The molecule has 3 aliphatic rings. The lowest BCUT2D eigenvalue weighted by Gasteiger charge is -2.40. The molecule has 0 fully saturated rings. The van der Waals surface area contributed by atoms with Gasteiger partial charge in [-0.05, 0) is 92.5 Å². The van der Waals surface area contributed by atoms with E-state index in [2.05, 4.69) is 207 Å². The van der Waals surface area contributed by atoms with Gasteiger partial charge in [-0.15, -0.1) is 0 Å². The Kier molecular flexibility index (Phi) is 7.87. The van der Waals surface area contributed by atoms with Crippen LogP contribution in [0.5, 0.6) is 5.75 Å². The molecule has 0 unspecified atom stereocenters. The Hall–Kier alpha value is -6.64. The molecule has 2 aliphatic carbocycles. The second kappa shape index (κ2) is 13.0. The quantitative estimate of drug-likeness (QED) is 0.179. The second-order valence-corrected chi connectivity index (χ2v) is 15.2. The molecule has 0 amide bonds. The van der Waals surface area contributed by atoms with E-state index in [0.29, 0.717) is 0 Å². The Labute approximate surface area is 330 Å². The summed E-state index contributed by atoms with van der Waals surface area (Å²) < 4.78 is 7.38. The van der Waals surface area contributed by atoms with Gasteiger partial charge in [0.15, 0.2) is 5.60 Å². The molecule has 0 saturated carbocycles. The lowest BCUT2D eigenvalue weighted by atomic mass is 9.78. The zero-order valence-corrected chi connectivity index (χ0v) is 32.3. The van der Waals surface area contributed by atoms with Crippen molar-refractivity contribution in [2.45, 2.75) is 38.7 Å². The van der Waals surface area contributed by atoms with E-state index in [1.807, 2.05) is 13.8 Å². The minimum Gasteiger partial charge on any atom is -0.472 e. The summed E-state index contributed by atoms with van der Waals surface area (Å²) in [6.45, 7) is 8.70. The van der Waals surface area contributed by atoms with Crippen LogP contribution in [0.25, 0.3) is 44.5 Å². The molecule has 0 N–H and O–H groups in total. The Balaban J connectivity index is 0.00000189. The average molecular weight is 722 g/mol. The van der Waals surface area contributed by atoms with Crippen LogP contribution in [-0.2, 0) is 11.0 Å². The van der Waals surface area contributed by atoms with Gasteiger partial charge in [0.1, 0.15) is 5.75 Å². The molecule has 270 valence electrons. The average Bonchev–Trinajstić information content (AvgIpc) is 3.67. The SMILES string of the molecule is CC.CC1(C)c2ccccc2-c2ccc(N(c3ccc(-c4ccccc4)cc3)c3ccc4c(c3)-c3ccccc3C3(O4)c4ccccc4-c4ccccc43)cc21. The normalized spacial score (nSPS) is 14.1. The highest BCUT2D eigenvalue weighted by Crippen LogP contribution is 2.59. The molecule has 1 aliphatic heterocycles. The third kappa shape index (κ3) is 4.88. The molecule has 0 aromatic heterocycles. The molecule has 1 spiro atoms. The van der Waals surface area contributed by atoms with Crippen molar-refractivity contribution < 1.29 is 4.74 Å². The van der Waals surface area contributed by atoms with E-state index in [1.165, 1.54) is 66.8 Å². The van der Waals surface area contributed by atoms with Gasteiger partial charge in [0.05, 0.1) is 0 Å². The number of hydrogen-bond acceptors (Lipinski definition) is 2. The van der Waals surface area contributed by atoms with E-state index in [-0.39, 0.29) is 5.41 Å². The number of nitrogens with zero attached hydrogens (tertiary/aromatic N) is 1. The van der Waals surface area contributed by atoms with Crippen molar-refractivity contribution in [2.75, 3.05) is 4.90 Å². The lowest BCUT2D eigenvalue weighted by Crippen LogP contribution is -2.36. The van der Waals surface area contributed by atoms with Crippen molar-refractivity contribution in [2.24, 2.45) is 0 Å². The van der Waals surface area contributed by atoms with Crippen molar-refractivity contribution in [3.8, 4) is 50.3 Å². The third-order valence-corrected chi connectivity index (χ3v) is 12.0. The number of rotatable bonds is 4. The van der Waals surface area contributed by atoms with Gasteiger partial charge >= 0.3 is 0 Å². The summed E-state index contributed by atoms with van der Waals surface area (Å²) in [6, 6.07) is 68.4. The van der Waals surface area contributed by atoms with Crippen molar-refractivity contribution in [1.82, 2.24) is 0 Å². The van der Waals surface area contributed by atoms with Crippen molar-refractivity contribution >= 4 is 17.1 Å². The molecule has 11 rings (SSSR count). The topological polar surface area (TPSA) is 12.5 Å². The van der Waals surface area contributed by atoms with Crippen LogP contribution in [0.1, 0.15) is 55.5 Å². The van der Waals surface area contributed by atoms with Crippen molar-refractivity contribution in [1.29, 1.82) is 0 Å². The highest BCUT2D eigenvalue weighted by molar-refractivity contribution is 5.91. The van der Waals surface area contributed by atoms with E-state index in [4.69, 9.17) is 4.74 Å². The maximum absolute atomic E-state index is 7.38. The standard InChI is InChI=1S/C52H37NO.C2H6/c1-51(2)45-20-10-6-16-39(45)43-30-28-38(33-49(43)51)53(36-26-24-35(25-27-36)34-14-4-3-5-15-34)37-29-31-50-44(32-37)42-19-9-13-23-48(42)52(54-50)46-21-11-7-17-40(46)41-18-8-12-22-47(41)52;1-2/h3-33H,1-2H3;1-2H3. The van der Waals surface area contributed by atoms with E-state index in [1.54, 1.807) is 0 Å². The molecule has 2 heteroatoms. The first-order chi connectivity index (χ1) is 27.5. The number of anilines is 3. The number of fused-ring (bicyclic) bond motifs is 12. The maximum Gasteiger partial charge on any atom is 0.186 e. The van der Waals surface area contributed by atoms with E-state index < -0.39 is 5.60 Å². The summed E-state index contributed by atoms with van der Waals surface area (Å²) in [5.41, 5.74) is 18.5. The summed E-state index contributed by atoms with van der Waals surface area (Å²) in [4.78, 5) is 2.40. The van der Waals surface area contributed by atoms with E-state index in [9.17, 15) is 0 Å². The van der Waals surface area contributed by atoms with E-state index in [0.717, 1.165) is 28.4 Å². The van der Waals surface area contributed by atoms with Crippen molar-refractivity contribution in [3.05, 3.63) is 216 Å². The smallest absolute Gasteiger partial charge is 0.186 e. The summed E-state index contributed by atoms with van der Waals surface area (Å²) in [6.07, 6.45) is 0. The fourth-order valence-corrected chi connectivity index (χ4v) is 9.51.